The summed E-state index contributed by atoms with van der Waals surface area (Å²) >= 11 is 1.46. The summed E-state index contributed by atoms with van der Waals surface area (Å²) in [4.78, 5) is 16.3. The number of methoxy groups -OCH3 is 1. The molecule has 2 aromatic carbocycles. The van der Waals surface area contributed by atoms with Gasteiger partial charge < -0.3 is 9.47 Å². The van der Waals surface area contributed by atoms with E-state index in [1.807, 2.05) is 29.6 Å². The molecule has 0 radical (unpaired) electrons. The molecule has 0 aliphatic heterocycles. The molecule has 0 N–H and O–H groups in total. The van der Waals surface area contributed by atoms with Crippen molar-refractivity contribution < 1.29 is 18.7 Å². The molecule has 26 heavy (non-hydrogen) atoms. The molecule has 0 atom stereocenters. The molecule has 1 heterocycles. The lowest BCUT2D eigenvalue weighted by Gasteiger charge is -2.01. The first-order valence-electron chi connectivity index (χ1n) is 7.84. The first kappa shape index (κ1) is 17.8. The number of thiazole rings is 1. The summed E-state index contributed by atoms with van der Waals surface area (Å²) in [6.07, 6.45) is 2.59. The highest BCUT2D eigenvalue weighted by molar-refractivity contribution is 7.13. The quantitative estimate of drug-likeness (QED) is 0.466. The van der Waals surface area contributed by atoms with E-state index in [0.29, 0.717) is 11.3 Å². The van der Waals surface area contributed by atoms with Crippen LogP contribution in [0.15, 0.2) is 60.0 Å². The van der Waals surface area contributed by atoms with E-state index in [1.54, 1.807) is 25.3 Å². The zero-order chi connectivity index (χ0) is 18.4. The lowest BCUT2D eigenvalue weighted by Crippen LogP contribution is -2.01. The SMILES string of the molecule is COc1cccc(-c2nc(COC(=O)/C=C/c3ccccc3F)cs2)c1. The van der Waals surface area contributed by atoms with Gasteiger partial charge >= 0.3 is 5.97 Å². The molecule has 0 unspecified atom stereocenters. The Morgan fingerprint density at radius 3 is 2.88 bits per heavy atom. The maximum Gasteiger partial charge on any atom is 0.331 e. The predicted molar refractivity (Wildman–Crippen MR) is 99.3 cm³/mol. The van der Waals surface area contributed by atoms with Crippen molar-refractivity contribution in [2.75, 3.05) is 7.11 Å². The second-order valence-electron chi connectivity index (χ2n) is 5.34. The van der Waals surface area contributed by atoms with Gasteiger partial charge in [-0.3, -0.25) is 0 Å². The van der Waals surface area contributed by atoms with Gasteiger partial charge in [-0.1, -0.05) is 30.3 Å². The fourth-order valence-corrected chi connectivity index (χ4v) is 3.02. The molecule has 3 aromatic rings. The van der Waals surface area contributed by atoms with Gasteiger partial charge in [0.1, 0.15) is 23.2 Å². The van der Waals surface area contributed by atoms with E-state index in [1.165, 1.54) is 29.6 Å². The molecule has 0 aliphatic rings. The smallest absolute Gasteiger partial charge is 0.331 e. The molecule has 4 nitrogen and oxygen atoms in total. The molecule has 0 saturated carbocycles. The number of carbonyl (C=O) groups is 1. The van der Waals surface area contributed by atoms with Crippen LogP contribution in [-0.4, -0.2) is 18.1 Å². The minimum atomic E-state index is -0.552. The number of hydrogen-bond acceptors (Lipinski definition) is 5. The zero-order valence-electron chi connectivity index (χ0n) is 14.0. The molecular weight excluding hydrogens is 353 g/mol. The van der Waals surface area contributed by atoms with Crippen LogP contribution in [-0.2, 0) is 16.1 Å². The number of aromatic nitrogens is 1. The van der Waals surface area contributed by atoms with Gasteiger partial charge in [0.2, 0.25) is 0 Å². The van der Waals surface area contributed by atoms with Crippen molar-refractivity contribution >= 4 is 23.4 Å². The molecule has 0 aliphatic carbocycles. The Labute approximate surface area is 154 Å². The molecule has 0 amide bonds. The second kappa shape index (κ2) is 8.40. The number of hydrogen-bond donors (Lipinski definition) is 0. The minimum absolute atomic E-state index is 0.0565. The van der Waals surface area contributed by atoms with Crippen molar-refractivity contribution in [3.8, 4) is 16.3 Å². The van der Waals surface area contributed by atoms with E-state index < -0.39 is 5.97 Å². The van der Waals surface area contributed by atoms with Crippen LogP contribution in [0.4, 0.5) is 4.39 Å². The van der Waals surface area contributed by atoms with Crippen LogP contribution in [0.5, 0.6) is 5.75 Å². The van der Waals surface area contributed by atoms with Gasteiger partial charge in [-0.15, -0.1) is 11.3 Å². The predicted octanol–water partition coefficient (Wildman–Crippen LogP) is 4.71. The number of halogens is 1. The van der Waals surface area contributed by atoms with Crippen molar-refractivity contribution in [3.63, 3.8) is 0 Å². The van der Waals surface area contributed by atoms with Crippen molar-refractivity contribution in [2.45, 2.75) is 6.61 Å². The lowest BCUT2D eigenvalue weighted by atomic mass is 10.2. The molecular formula is C20H16FNO3S. The van der Waals surface area contributed by atoms with Gasteiger partial charge in [0.05, 0.1) is 12.8 Å². The van der Waals surface area contributed by atoms with E-state index in [9.17, 15) is 9.18 Å². The number of benzene rings is 2. The van der Waals surface area contributed by atoms with Crippen molar-refractivity contribution in [1.29, 1.82) is 0 Å². The fourth-order valence-electron chi connectivity index (χ4n) is 2.22. The van der Waals surface area contributed by atoms with E-state index in [-0.39, 0.29) is 12.4 Å². The molecule has 0 saturated heterocycles. The highest BCUT2D eigenvalue weighted by Crippen LogP contribution is 2.27. The second-order valence-corrected chi connectivity index (χ2v) is 6.20. The Bertz CT molecular complexity index is 936. The van der Waals surface area contributed by atoms with Crippen LogP contribution >= 0.6 is 11.3 Å². The Morgan fingerprint density at radius 2 is 2.08 bits per heavy atom. The van der Waals surface area contributed by atoms with Crippen LogP contribution in [0.3, 0.4) is 0 Å². The van der Waals surface area contributed by atoms with E-state index >= 15 is 0 Å². The molecule has 132 valence electrons. The maximum atomic E-state index is 13.5. The molecule has 0 bridgehead atoms. The Kier molecular flexibility index (Phi) is 5.76. The number of nitrogens with zero attached hydrogens (tertiary/aromatic N) is 1. The zero-order valence-corrected chi connectivity index (χ0v) is 14.8. The first-order valence-corrected chi connectivity index (χ1v) is 8.72. The van der Waals surface area contributed by atoms with Gasteiger partial charge in [-0.2, -0.15) is 0 Å². The lowest BCUT2D eigenvalue weighted by molar-refractivity contribution is -0.139. The summed E-state index contributed by atoms with van der Waals surface area (Å²) in [7, 11) is 1.61. The highest BCUT2D eigenvalue weighted by Gasteiger charge is 2.08. The fraction of sp³-hybridized carbons (Fsp3) is 0.100. The molecule has 0 spiro atoms. The monoisotopic (exact) mass is 369 g/mol. The van der Waals surface area contributed by atoms with Gasteiger partial charge in [0.25, 0.3) is 0 Å². The van der Waals surface area contributed by atoms with Crippen LogP contribution in [0, 0.1) is 5.82 Å². The van der Waals surface area contributed by atoms with Crippen LogP contribution in [0.25, 0.3) is 16.6 Å². The van der Waals surface area contributed by atoms with Crippen LogP contribution in [0.2, 0.25) is 0 Å². The van der Waals surface area contributed by atoms with Gasteiger partial charge in [-0.05, 0) is 24.3 Å². The number of carbonyl (C=O) groups excluding carboxylic acids is 1. The highest BCUT2D eigenvalue weighted by atomic mass is 32.1. The first-order chi connectivity index (χ1) is 12.7. The van der Waals surface area contributed by atoms with Gasteiger partial charge in [-0.25, -0.2) is 14.2 Å². The van der Waals surface area contributed by atoms with Crippen molar-refractivity contribution in [1.82, 2.24) is 4.98 Å². The third kappa shape index (κ3) is 4.55. The Hall–Kier alpha value is -2.99. The summed E-state index contributed by atoms with van der Waals surface area (Å²) in [5.74, 6) is -0.188. The number of ether oxygens (including phenoxy) is 2. The maximum absolute atomic E-state index is 13.5. The van der Waals surface area contributed by atoms with Gasteiger partial charge in [0.15, 0.2) is 0 Å². The molecule has 0 fully saturated rings. The standard InChI is InChI=1S/C20H16FNO3S/c1-24-17-7-4-6-15(11-17)20-22-16(13-26-20)12-25-19(23)10-9-14-5-2-3-8-18(14)21/h2-11,13H,12H2,1H3/b10-9+. The summed E-state index contributed by atoms with van der Waals surface area (Å²) < 4.78 is 23.9. The topological polar surface area (TPSA) is 48.4 Å². The number of rotatable bonds is 6. The number of esters is 1. The summed E-state index contributed by atoms with van der Waals surface area (Å²) in [5, 5.41) is 2.65. The van der Waals surface area contributed by atoms with E-state index in [0.717, 1.165) is 16.3 Å². The average Bonchev–Trinajstić information content (AvgIpc) is 3.15. The normalized spacial score (nSPS) is 10.8. The molecule has 6 heteroatoms. The Balaban J connectivity index is 1.59. The minimum Gasteiger partial charge on any atom is -0.497 e. The molecule has 1 aromatic heterocycles. The van der Waals surface area contributed by atoms with Crippen LogP contribution < -0.4 is 4.74 Å². The largest absolute Gasteiger partial charge is 0.497 e. The van der Waals surface area contributed by atoms with Gasteiger partial charge in [0, 0.05) is 22.6 Å². The van der Waals surface area contributed by atoms with Crippen molar-refractivity contribution in [3.05, 3.63) is 77.1 Å². The summed E-state index contributed by atoms with van der Waals surface area (Å²) in [6.45, 7) is 0.0565. The molecule has 3 rings (SSSR count). The average molecular weight is 369 g/mol. The summed E-state index contributed by atoms with van der Waals surface area (Å²) in [5.41, 5.74) is 1.92. The van der Waals surface area contributed by atoms with E-state index in [4.69, 9.17) is 9.47 Å². The van der Waals surface area contributed by atoms with Crippen molar-refractivity contribution in [2.24, 2.45) is 0 Å². The van der Waals surface area contributed by atoms with Crippen LogP contribution in [0.1, 0.15) is 11.3 Å². The third-order valence-electron chi connectivity index (χ3n) is 3.53. The van der Waals surface area contributed by atoms with E-state index in [2.05, 4.69) is 4.98 Å². The summed E-state index contributed by atoms with van der Waals surface area (Å²) in [6, 6.07) is 13.8. The Morgan fingerprint density at radius 1 is 1.23 bits per heavy atom. The third-order valence-corrected chi connectivity index (χ3v) is 4.48.